The molecule has 0 amide bonds. The average molecular weight is 337 g/mol. The van der Waals surface area contributed by atoms with Crippen LogP contribution >= 0.6 is 11.6 Å². The van der Waals surface area contributed by atoms with E-state index in [1.807, 2.05) is 6.07 Å². The Morgan fingerprint density at radius 2 is 2.43 bits per heavy atom. The fourth-order valence-electron chi connectivity index (χ4n) is 3.01. The van der Waals surface area contributed by atoms with Gasteiger partial charge < -0.3 is 20.5 Å². The van der Waals surface area contributed by atoms with Gasteiger partial charge in [-0.05, 0) is 5.57 Å². The highest BCUT2D eigenvalue weighted by Crippen LogP contribution is 2.49. The molecule has 3 atom stereocenters. The van der Waals surface area contributed by atoms with Gasteiger partial charge in [0.05, 0.1) is 31.1 Å². The van der Waals surface area contributed by atoms with Crippen LogP contribution in [0.25, 0.3) is 11.2 Å². The number of rotatable bonds is 2. The lowest BCUT2D eigenvalue weighted by Crippen LogP contribution is -2.33. The molecule has 1 aliphatic rings. The quantitative estimate of drug-likeness (QED) is 0.583. The number of nitrogens with two attached hydrogens (primary N) is 1. The van der Waals surface area contributed by atoms with Crippen LogP contribution in [0.2, 0.25) is 0 Å². The van der Waals surface area contributed by atoms with Crippen LogP contribution in [-0.2, 0) is 0 Å². The Hall–Kier alpha value is -2.41. The number of nitrogens with one attached hydrogen (secondary N) is 1. The van der Waals surface area contributed by atoms with Crippen LogP contribution in [-0.4, -0.2) is 42.4 Å². The maximum Gasteiger partial charge on any atom is 0.280 e. The summed E-state index contributed by atoms with van der Waals surface area (Å²) in [4.78, 5) is 22.3. The Morgan fingerprint density at radius 3 is 3.04 bits per heavy atom. The largest absolute Gasteiger partial charge is 0.394 e. The monoisotopic (exact) mass is 336 g/mol. The van der Waals surface area contributed by atoms with E-state index >= 15 is 0 Å². The van der Waals surface area contributed by atoms with Crippen molar-refractivity contribution in [2.24, 2.45) is 5.41 Å². The van der Waals surface area contributed by atoms with E-state index in [4.69, 9.17) is 17.3 Å². The summed E-state index contributed by atoms with van der Waals surface area (Å²) in [5, 5.41) is 29.3. The standard InChI is InChI=1S/C13H13ClN6O3/c14-2-6-7(1-8(22)13(6,3-15)4-21)20-5-17-9-10(20)18-12(16)19-11(9)23/h2,5,7-8,21-22H,1,4H2,(H3,16,18,19,23)/b6-2-/t7-,8-,13-/m0/s1. The molecule has 1 fully saturated rings. The normalized spacial score (nSPS) is 29.2. The van der Waals surface area contributed by atoms with Gasteiger partial charge in [-0.3, -0.25) is 9.78 Å². The van der Waals surface area contributed by atoms with Crippen LogP contribution in [0.5, 0.6) is 0 Å². The molecule has 2 heterocycles. The number of fused-ring (bicyclic) bond motifs is 1. The van der Waals surface area contributed by atoms with Crippen molar-refractivity contribution in [3.8, 4) is 6.07 Å². The van der Waals surface area contributed by atoms with Crippen molar-refractivity contribution < 1.29 is 10.2 Å². The Labute approximate surface area is 134 Å². The minimum absolute atomic E-state index is 0.0760. The molecular formula is C13H13ClN6O3. The lowest BCUT2D eigenvalue weighted by Gasteiger charge is -2.24. The Balaban J connectivity index is 2.21. The van der Waals surface area contributed by atoms with Gasteiger partial charge in [0.25, 0.3) is 5.56 Å². The van der Waals surface area contributed by atoms with Crippen molar-refractivity contribution >= 4 is 28.7 Å². The second-order valence-corrected chi connectivity index (χ2v) is 5.57. The molecule has 23 heavy (non-hydrogen) atoms. The third-order valence-electron chi connectivity index (χ3n) is 4.24. The molecule has 1 aliphatic carbocycles. The minimum Gasteiger partial charge on any atom is -0.394 e. The van der Waals surface area contributed by atoms with E-state index < -0.39 is 29.7 Å². The Bertz CT molecular complexity index is 897. The number of hydrogen-bond acceptors (Lipinski definition) is 7. The third-order valence-corrected chi connectivity index (χ3v) is 4.48. The average Bonchev–Trinajstić information content (AvgIpc) is 3.05. The molecule has 1 saturated carbocycles. The van der Waals surface area contributed by atoms with E-state index in [0.29, 0.717) is 5.57 Å². The highest BCUT2D eigenvalue weighted by Gasteiger charge is 2.52. The molecule has 120 valence electrons. The molecule has 3 rings (SSSR count). The number of nitrogens with zero attached hydrogens (tertiary/aromatic N) is 4. The zero-order chi connectivity index (χ0) is 16.8. The summed E-state index contributed by atoms with van der Waals surface area (Å²) in [5.74, 6) is -0.0760. The van der Waals surface area contributed by atoms with Crippen molar-refractivity contribution in [2.45, 2.75) is 18.6 Å². The van der Waals surface area contributed by atoms with E-state index in [0.717, 1.165) is 0 Å². The molecule has 9 nitrogen and oxygen atoms in total. The van der Waals surface area contributed by atoms with E-state index in [9.17, 15) is 20.3 Å². The number of nitriles is 1. The number of hydrogen-bond donors (Lipinski definition) is 4. The van der Waals surface area contributed by atoms with Crippen LogP contribution in [0, 0.1) is 16.7 Å². The number of aliphatic hydroxyl groups excluding tert-OH is 2. The second kappa shape index (κ2) is 5.34. The van der Waals surface area contributed by atoms with Gasteiger partial charge in [0.2, 0.25) is 5.95 Å². The van der Waals surface area contributed by atoms with Gasteiger partial charge >= 0.3 is 0 Å². The smallest absolute Gasteiger partial charge is 0.280 e. The van der Waals surface area contributed by atoms with Crippen LogP contribution in [0.3, 0.4) is 0 Å². The van der Waals surface area contributed by atoms with Crippen molar-refractivity contribution in [2.75, 3.05) is 12.3 Å². The van der Waals surface area contributed by atoms with Gasteiger partial charge in [0.1, 0.15) is 5.41 Å². The summed E-state index contributed by atoms with van der Waals surface area (Å²) >= 11 is 5.86. The van der Waals surface area contributed by atoms with Crippen molar-refractivity contribution in [1.82, 2.24) is 19.5 Å². The minimum atomic E-state index is -1.50. The molecular weight excluding hydrogens is 324 g/mol. The number of aromatic amines is 1. The lowest BCUT2D eigenvalue weighted by molar-refractivity contribution is 0.0622. The van der Waals surface area contributed by atoms with Gasteiger partial charge in [-0.2, -0.15) is 10.2 Å². The Morgan fingerprint density at radius 1 is 1.70 bits per heavy atom. The van der Waals surface area contributed by atoms with Crippen LogP contribution < -0.4 is 11.3 Å². The number of halogens is 1. The molecule has 0 aromatic carbocycles. The van der Waals surface area contributed by atoms with Crippen molar-refractivity contribution in [3.05, 3.63) is 27.8 Å². The fourth-order valence-corrected chi connectivity index (χ4v) is 3.35. The highest BCUT2D eigenvalue weighted by molar-refractivity contribution is 6.25. The second-order valence-electron chi connectivity index (χ2n) is 5.35. The number of aromatic nitrogens is 4. The van der Waals surface area contributed by atoms with Gasteiger partial charge in [0, 0.05) is 12.0 Å². The van der Waals surface area contributed by atoms with E-state index in [1.165, 1.54) is 16.4 Å². The molecule has 0 saturated heterocycles. The maximum atomic E-state index is 11.8. The van der Waals surface area contributed by atoms with Crippen molar-refractivity contribution in [1.29, 1.82) is 5.26 Å². The summed E-state index contributed by atoms with van der Waals surface area (Å²) in [6.07, 6.45) is 0.367. The summed E-state index contributed by atoms with van der Waals surface area (Å²) in [7, 11) is 0. The summed E-state index contributed by atoms with van der Waals surface area (Å²) in [6.45, 7) is -0.581. The first-order valence-electron chi connectivity index (χ1n) is 6.71. The SMILES string of the molecule is N#C[C@]1(CO)/C(=C\Cl)[C@@H](n2cnc3c(=O)[nH]c(N)nc32)C[C@@H]1O. The first-order valence-corrected chi connectivity index (χ1v) is 7.15. The van der Waals surface area contributed by atoms with Gasteiger partial charge in [-0.1, -0.05) is 11.6 Å². The molecule has 0 bridgehead atoms. The molecule has 0 radical (unpaired) electrons. The molecule has 2 aromatic rings. The summed E-state index contributed by atoms with van der Waals surface area (Å²) < 4.78 is 1.52. The first-order chi connectivity index (χ1) is 11.0. The van der Waals surface area contributed by atoms with Crippen LogP contribution in [0.4, 0.5) is 5.95 Å². The molecule has 0 aliphatic heterocycles. The van der Waals surface area contributed by atoms with Crippen LogP contribution in [0.1, 0.15) is 12.5 Å². The van der Waals surface area contributed by atoms with E-state index in [1.54, 1.807) is 0 Å². The number of H-pyrrole nitrogens is 1. The zero-order valence-corrected chi connectivity index (χ0v) is 12.5. The number of nitrogen functional groups attached to an aromatic ring is 1. The van der Waals surface area contributed by atoms with Gasteiger partial charge in [-0.25, -0.2) is 4.98 Å². The molecule has 5 N–H and O–H groups in total. The number of aliphatic hydroxyl groups is 2. The zero-order valence-electron chi connectivity index (χ0n) is 11.8. The molecule has 10 heteroatoms. The predicted octanol–water partition coefficient (Wildman–Crippen LogP) is -0.368. The molecule has 0 spiro atoms. The number of imidazole rings is 1. The number of anilines is 1. The lowest BCUT2D eigenvalue weighted by atomic mass is 9.83. The first kappa shape index (κ1) is 15.5. The summed E-state index contributed by atoms with van der Waals surface area (Å²) in [5.41, 5.74) is 5.36. The van der Waals surface area contributed by atoms with Crippen LogP contribution in [0.15, 0.2) is 22.2 Å². The highest BCUT2D eigenvalue weighted by atomic mass is 35.5. The Kier molecular flexibility index (Phi) is 3.60. The summed E-state index contributed by atoms with van der Waals surface area (Å²) in [6, 6.07) is 1.37. The topological polar surface area (TPSA) is 154 Å². The van der Waals surface area contributed by atoms with E-state index in [-0.39, 0.29) is 23.5 Å². The molecule has 0 unspecified atom stereocenters. The fraction of sp³-hybridized carbons (Fsp3) is 0.385. The predicted molar refractivity (Wildman–Crippen MR) is 81.3 cm³/mol. The van der Waals surface area contributed by atoms with E-state index in [2.05, 4.69) is 15.0 Å². The third kappa shape index (κ3) is 2.03. The maximum absolute atomic E-state index is 11.8. The molecule has 2 aromatic heterocycles. The van der Waals surface area contributed by atoms with Gasteiger partial charge in [-0.15, -0.1) is 0 Å². The van der Waals surface area contributed by atoms with Crippen molar-refractivity contribution in [3.63, 3.8) is 0 Å². The van der Waals surface area contributed by atoms with Gasteiger partial charge in [0.15, 0.2) is 11.2 Å².